The lowest BCUT2D eigenvalue weighted by Gasteiger charge is -2.37. The van der Waals surface area contributed by atoms with Crippen LogP contribution in [0.1, 0.15) is 65.0 Å². The Kier molecular flexibility index (Phi) is 6.50. The van der Waals surface area contributed by atoms with Gasteiger partial charge in [-0.05, 0) is 58.2 Å². The molecule has 3 rings (SSSR count). The van der Waals surface area contributed by atoms with Crippen LogP contribution in [-0.4, -0.2) is 33.5 Å². The molecule has 2 aliphatic rings. The summed E-state index contributed by atoms with van der Waals surface area (Å²) in [6.07, 6.45) is 4.52. The van der Waals surface area contributed by atoms with E-state index >= 15 is 0 Å². The van der Waals surface area contributed by atoms with Gasteiger partial charge in [0.1, 0.15) is 6.04 Å². The highest BCUT2D eigenvalue weighted by Crippen LogP contribution is 2.63. The number of nitriles is 1. The highest BCUT2D eigenvalue weighted by Gasteiger charge is 2.57. The fraction of sp³-hybridized carbons (Fsp3) is 0.650. The Morgan fingerprint density at radius 3 is 1.96 bits per heavy atom. The Labute approximate surface area is 171 Å². The molecule has 0 aromatic heterocycles. The average molecular weight is 453 g/mol. The highest BCUT2D eigenvalue weighted by molar-refractivity contribution is 9.10. The Morgan fingerprint density at radius 2 is 1.56 bits per heavy atom. The predicted molar refractivity (Wildman–Crippen MR) is 113 cm³/mol. The smallest absolute Gasteiger partial charge is 0.270 e. The molecule has 0 amide bonds. The van der Waals surface area contributed by atoms with Crippen molar-refractivity contribution in [3.05, 3.63) is 34.3 Å². The van der Waals surface area contributed by atoms with Crippen molar-refractivity contribution in [2.75, 3.05) is 0 Å². The Bertz CT molecular complexity index is 717. The molecular formula is C20H30BrN4OP. The van der Waals surface area contributed by atoms with Crippen molar-refractivity contribution >= 4 is 23.5 Å². The largest absolute Gasteiger partial charge is 0.286 e. The number of benzene rings is 1. The van der Waals surface area contributed by atoms with Crippen molar-refractivity contribution in [1.29, 1.82) is 5.26 Å². The molecule has 148 valence electrons. The van der Waals surface area contributed by atoms with Crippen LogP contribution in [0.4, 0.5) is 0 Å². The van der Waals surface area contributed by atoms with E-state index in [-0.39, 0.29) is 12.1 Å². The minimum Gasteiger partial charge on any atom is -0.270 e. The lowest BCUT2D eigenvalue weighted by atomic mass is 9.89. The first kappa shape index (κ1) is 21.0. The number of fused-ring (bicyclic) bond motifs is 1. The molecule has 7 heteroatoms. The molecule has 1 aliphatic heterocycles. The fourth-order valence-corrected chi connectivity index (χ4v) is 8.66. The number of hydrogen-bond donors (Lipinski definition) is 1. The van der Waals surface area contributed by atoms with Crippen molar-refractivity contribution in [3.8, 4) is 6.07 Å². The SMILES string of the molecule is CC(C)N1[C@@H]2CCCC[C@H]2N(C(C)C)P1(=O)N[C@H](C#N)c1ccc(Br)cc1. The third-order valence-electron chi connectivity index (χ3n) is 5.69. The minimum absolute atomic E-state index is 0.155. The first-order valence-corrected chi connectivity index (χ1v) is 12.3. The van der Waals surface area contributed by atoms with Crippen molar-refractivity contribution in [3.63, 3.8) is 0 Å². The number of rotatable bonds is 5. The number of halogens is 1. The molecule has 5 nitrogen and oxygen atoms in total. The molecule has 1 aliphatic carbocycles. The summed E-state index contributed by atoms with van der Waals surface area (Å²) in [6.45, 7) is 8.46. The minimum atomic E-state index is -3.08. The van der Waals surface area contributed by atoms with E-state index in [4.69, 9.17) is 0 Å². The van der Waals surface area contributed by atoms with E-state index in [0.29, 0.717) is 12.1 Å². The first-order valence-electron chi connectivity index (χ1n) is 9.90. The van der Waals surface area contributed by atoms with E-state index < -0.39 is 13.6 Å². The second kappa shape index (κ2) is 8.35. The number of nitrogens with zero attached hydrogens (tertiary/aromatic N) is 3. The second-order valence-electron chi connectivity index (χ2n) is 8.15. The van der Waals surface area contributed by atoms with Crippen molar-refractivity contribution in [1.82, 2.24) is 14.4 Å². The molecule has 0 unspecified atom stereocenters. The summed E-state index contributed by atoms with van der Waals surface area (Å²) >= 11 is 3.44. The summed E-state index contributed by atoms with van der Waals surface area (Å²) in [5, 5.41) is 13.2. The fourth-order valence-electron chi connectivity index (χ4n) is 4.76. The number of nitrogens with one attached hydrogen (secondary N) is 1. The van der Waals surface area contributed by atoms with Gasteiger partial charge in [-0.3, -0.25) is 4.57 Å². The molecule has 3 atom stereocenters. The van der Waals surface area contributed by atoms with E-state index in [9.17, 15) is 9.83 Å². The van der Waals surface area contributed by atoms with Gasteiger partial charge in [-0.25, -0.2) is 14.4 Å². The van der Waals surface area contributed by atoms with Crippen molar-refractivity contribution in [2.45, 2.75) is 83.6 Å². The zero-order valence-electron chi connectivity index (χ0n) is 16.6. The zero-order valence-corrected chi connectivity index (χ0v) is 19.1. The Balaban J connectivity index is 2.01. The molecule has 1 saturated heterocycles. The summed E-state index contributed by atoms with van der Waals surface area (Å²) in [4.78, 5) is 0. The predicted octanol–water partition coefficient (Wildman–Crippen LogP) is 5.46. The second-order valence-corrected chi connectivity index (χ2v) is 11.3. The molecule has 1 saturated carbocycles. The molecule has 0 spiro atoms. The molecule has 1 heterocycles. The number of hydrogen-bond acceptors (Lipinski definition) is 2. The monoisotopic (exact) mass is 452 g/mol. The van der Waals surface area contributed by atoms with Crippen LogP contribution in [0.2, 0.25) is 0 Å². The first-order chi connectivity index (χ1) is 12.8. The molecule has 1 aromatic carbocycles. The van der Waals surface area contributed by atoms with Crippen LogP contribution >= 0.6 is 23.5 Å². The van der Waals surface area contributed by atoms with Crippen molar-refractivity contribution in [2.24, 2.45) is 0 Å². The van der Waals surface area contributed by atoms with Gasteiger partial charge >= 0.3 is 0 Å². The van der Waals surface area contributed by atoms with Gasteiger partial charge in [-0.15, -0.1) is 0 Å². The van der Waals surface area contributed by atoms with Crippen LogP contribution in [0.3, 0.4) is 0 Å². The van der Waals surface area contributed by atoms with E-state index in [0.717, 1.165) is 22.9 Å². The van der Waals surface area contributed by atoms with Crippen LogP contribution in [0.15, 0.2) is 28.7 Å². The van der Waals surface area contributed by atoms with Gasteiger partial charge in [0.15, 0.2) is 0 Å². The summed E-state index contributed by atoms with van der Waals surface area (Å²) in [7, 11) is -3.08. The van der Waals surface area contributed by atoms with Crippen LogP contribution in [0.5, 0.6) is 0 Å². The van der Waals surface area contributed by atoms with Crippen LogP contribution < -0.4 is 5.09 Å². The van der Waals surface area contributed by atoms with Crippen LogP contribution in [0.25, 0.3) is 0 Å². The maximum Gasteiger partial charge on any atom is 0.286 e. The summed E-state index contributed by atoms with van der Waals surface area (Å²) in [5.74, 6) is 0. The summed E-state index contributed by atoms with van der Waals surface area (Å²) in [6, 6.07) is 10.3. The Hall–Kier alpha value is -0.700. The van der Waals surface area contributed by atoms with E-state index in [1.165, 1.54) is 12.8 Å². The average Bonchev–Trinajstić information content (AvgIpc) is 2.88. The van der Waals surface area contributed by atoms with Gasteiger partial charge in [0, 0.05) is 28.6 Å². The van der Waals surface area contributed by atoms with Gasteiger partial charge in [0.05, 0.1) is 6.07 Å². The van der Waals surface area contributed by atoms with Gasteiger partial charge in [-0.2, -0.15) is 5.26 Å². The molecule has 0 bridgehead atoms. The molecule has 1 N–H and O–H groups in total. The van der Waals surface area contributed by atoms with Gasteiger partial charge in [0.25, 0.3) is 7.59 Å². The standard InChI is InChI=1S/C20H30BrN4OP/c1-14(2)24-19-7-5-6-8-20(19)25(15(3)4)27(24,26)23-18(13-22)16-9-11-17(21)12-10-16/h9-12,14-15,18-20H,5-8H2,1-4H3,(H,23,26)/t18-,19-,20-/m1/s1. The molecule has 2 fully saturated rings. The van der Waals surface area contributed by atoms with Gasteiger partial charge in [0.2, 0.25) is 0 Å². The summed E-state index contributed by atoms with van der Waals surface area (Å²) in [5.41, 5.74) is 0.846. The normalized spacial score (nSPS) is 26.9. The van der Waals surface area contributed by atoms with E-state index in [2.05, 4.69) is 64.1 Å². The van der Waals surface area contributed by atoms with Crippen LogP contribution in [0, 0.1) is 11.3 Å². The van der Waals surface area contributed by atoms with E-state index in [1.54, 1.807) is 0 Å². The van der Waals surface area contributed by atoms with Gasteiger partial charge in [-0.1, -0.05) is 40.9 Å². The lowest BCUT2D eigenvalue weighted by Crippen LogP contribution is -2.43. The van der Waals surface area contributed by atoms with E-state index in [1.807, 2.05) is 24.3 Å². The molecule has 27 heavy (non-hydrogen) atoms. The summed E-state index contributed by atoms with van der Waals surface area (Å²) < 4.78 is 19.9. The molecule has 1 aromatic rings. The topological polar surface area (TPSA) is 59.4 Å². The van der Waals surface area contributed by atoms with Gasteiger partial charge < -0.3 is 0 Å². The zero-order chi connectivity index (χ0) is 19.8. The third-order valence-corrected chi connectivity index (χ3v) is 9.58. The molecular weight excluding hydrogens is 423 g/mol. The maximum absolute atomic E-state index is 14.5. The molecule has 0 radical (unpaired) electrons. The highest BCUT2D eigenvalue weighted by atomic mass is 79.9. The third kappa shape index (κ3) is 3.91. The quantitative estimate of drug-likeness (QED) is 0.601. The Morgan fingerprint density at radius 1 is 1.07 bits per heavy atom. The lowest BCUT2D eigenvalue weighted by molar-refractivity contribution is 0.173. The van der Waals surface area contributed by atoms with Crippen molar-refractivity contribution < 1.29 is 4.57 Å². The van der Waals surface area contributed by atoms with Crippen LogP contribution in [-0.2, 0) is 4.57 Å². The maximum atomic E-state index is 14.5.